The van der Waals surface area contributed by atoms with Gasteiger partial charge >= 0.3 is 0 Å². The van der Waals surface area contributed by atoms with Crippen molar-refractivity contribution in [2.75, 3.05) is 0 Å². The fraction of sp³-hybridized carbons (Fsp3) is 0.615. The normalized spacial score (nSPS) is 14.9. The average molecular weight is 223 g/mol. The third kappa shape index (κ3) is 2.69. The van der Waals surface area contributed by atoms with E-state index >= 15 is 0 Å². The summed E-state index contributed by atoms with van der Waals surface area (Å²) < 4.78 is 4.38. The lowest BCUT2D eigenvalue weighted by Crippen LogP contribution is -2.21. The van der Waals surface area contributed by atoms with E-state index in [0.29, 0.717) is 0 Å². The van der Waals surface area contributed by atoms with Gasteiger partial charge < -0.3 is 0 Å². The van der Waals surface area contributed by atoms with Gasteiger partial charge in [-0.3, -0.25) is 0 Å². The molecule has 0 aliphatic heterocycles. The van der Waals surface area contributed by atoms with Crippen molar-refractivity contribution in [1.82, 2.24) is 4.37 Å². The van der Waals surface area contributed by atoms with Crippen molar-refractivity contribution in [1.29, 1.82) is 0 Å². The maximum Gasteiger partial charge on any atom is 0.0799 e. The maximum atomic E-state index is 4.38. The van der Waals surface area contributed by atoms with Crippen molar-refractivity contribution < 1.29 is 0 Å². The predicted molar refractivity (Wildman–Crippen MR) is 69.4 cm³/mol. The highest BCUT2D eigenvalue weighted by atomic mass is 32.1. The van der Waals surface area contributed by atoms with Crippen LogP contribution in [0.15, 0.2) is 12.0 Å². The monoisotopic (exact) mass is 223 g/mol. The lowest BCUT2D eigenvalue weighted by Gasteiger charge is -2.28. The van der Waals surface area contributed by atoms with Gasteiger partial charge in [-0.15, -0.1) is 0 Å². The first kappa shape index (κ1) is 12.4. The third-order valence-electron chi connectivity index (χ3n) is 3.30. The molecule has 1 nitrogen and oxygen atoms in total. The minimum Gasteiger partial charge on any atom is -0.193 e. The number of hydrogen-bond acceptors (Lipinski definition) is 2. The second-order valence-corrected chi connectivity index (χ2v) is 4.96. The highest BCUT2D eigenvalue weighted by Gasteiger charge is 2.27. The van der Waals surface area contributed by atoms with E-state index in [1.807, 2.05) is 6.08 Å². The number of nitrogens with zero attached hydrogens (tertiary/aromatic N) is 1. The molecule has 0 aliphatic rings. The van der Waals surface area contributed by atoms with Crippen LogP contribution >= 0.6 is 11.5 Å². The molecule has 0 bridgehead atoms. The van der Waals surface area contributed by atoms with Crippen molar-refractivity contribution in [2.45, 2.75) is 51.9 Å². The number of hydrogen-bond donors (Lipinski definition) is 0. The van der Waals surface area contributed by atoms with Gasteiger partial charge in [0.05, 0.1) is 5.69 Å². The molecule has 1 heterocycles. The molecular formula is C13H21NS. The summed E-state index contributed by atoms with van der Waals surface area (Å²) in [5.41, 5.74) is 2.76. The lowest BCUT2D eigenvalue weighted by atomic mass is 9.76. The van der Waals surface area contributed by atoms with Crippen molar-refractivity contribution in [2.24, 2.45) is 0 Å². The van der Waals surface area contributed by atoms with Crippen LogP contribution in [0, 0.1) is 0 Å². The smallest absolute Gasteiger partial charge is 0.0799 e. The Morgan fingerprint density at radius 1 is 1.53 bits per heavy atom. The van der Waals surface area contributed by atoms with Gasteiger partial charge in [-0.05, 0) is 41.4 Å². The first-order valence-electron chi connectivity index (χ1n) is 5.75. The van der Waals surface area contributed by atoms with E-state index in [1.54, 1.807) is 11.5 Å². The quantitative estimate of drug-likeness (QED) is 0.684. The van der Waals surface area contributed by atoms with E-state index in [9.17, 15) is 0 Å². The zero-order valence-electron chi connectivity index (χ0n) is 10.0. The van der Waals surface area contributed by atoms with Crippen LogP contribution in [0.4, 0.5) is 0 Å². The Balaban J connectivity index is 2.94. The van der Waals surface area contributed by atoms with Gasteiger partial charge in [0.2, 0.25) is 0 Å². The summed E-state index contributed by atoms with van der Waals surface area (Å²) in [6.07, 6.45) is 6.85. The number of aromatic nitrogens is 1. The van der Waals surface area contributed by atoms with Gasteiger partial charge in [0.15, 0.2) is 0 Å². The molecule has 2 heteroatoms. The second-order valence-electron chi connectivity index (χ2n) is 4.34. The van der Waals surface area contributed by atoms with E-state index < -0.39 is 0 Å². The van der Waals surface area contributed by atoms with Crippen LogP contribution in [-0.2, 0) is 5.41 Å². The Morgan fingerprint density at radius 3 is 2.80 bits per heavy atom. The van der Waals surface area contributed by atoms with E-state index in [4.69, 9.17) is 0 Å². The summed E-state index contributed by atoms with van der Waals surface area (Å²) in [4.78, 5) is 0. The maximum absolute atomic E-state index is 4.38. The molecule has 1 atom stereocenters. The highest BCUT2D eigenvalue weighted by Crippen LogP contribution is 2.36. The minimum atomic E-state index is 0.284. The molecular weight excluding hydrogens is 202 g/mol. The number of rotatable bonds is 6. The largest absolute Gasteiger partial charge is 0.193 e. The van der Waals surface area contributed by atoms with E-state index in [0.717, 1.165) is 5.69 Å². The summed E-state index contributed by atoms with van der Waals surface area (Å²) in [7, 11) is 0. The predicted octanol–water partition coefficient (Wildman–Crippen LogP) is 4.64. The molecule has 0 saturated heterocycles. The Hall–Kier alpha value is -0.630. The summed E-state index contributed by atoms with van der Waals surface area (Å²) in [5, 5.41) is 2.19. The molecule has 15 heavy (non-hydrogen) atoms. The molecule has 0 amide bonds. The molecule has 1 unspecified atom stereocenters. The molecule has 0 N–H and O–H groups in total. The Morgan fingerprint density at radius 2 is 2.27 bits per heavy atom. The fourth-order valence-corrected chi connectivity index (χ4v) is 2.76. The molecule has 0 aromatic carbocycles. The van der Waals surface area contributed by atoms with E-state index in [-0.39, 0.29) is 5.41 Å². The first-order chi connectivity index (χ1) is 7.18. The van der Waals surface area contributed by atoms with Crippen LogP contribution in [0.3, 0.4) is 0 Å². The van der Waals surface area contributed by atoms with Gasteiger partial charge in [-0.2, -0.15) is 4.37 Å². The van der Waals surface area contributed by atoms with Crippen molar-refractivity contribution >= 4 is 17.6 Å². The van der Waals surface area contributed by atoms with Crippen LogP contribution in [-0.4, -0.2) is 4.37 Å². The highest BCUT2D eigenvalue weighted by molar-refractivity contribution is 7.03. The lowest BCUT2D eigenvalue weighted by molar-refractivity contribution is 0.403. The topological polar surface area (TPSA) is 12.9 Å². The Labute approximate surface area is 97.4 Å². The van der Waals surface area contributed by atoms with Crippen molar-refractivity contribution in [3.8, 4) is 0 Å². The van der Waals surface area contributed by atoms with Crippen LogP contribution in [0.5, 0.6) is 0 Å². The molecule has 0 aliphatic carbocycles. The second kappa shape index (κ2) is 5.45. The average Bonchev–Trinajstić information content (AvgIpc) is 2.74. The van der Waals surface area contributed by atoms with Gasteiger partial charge in [0.1, 0.15) is 0 Å². The Kier molecular flexibility index (Phi) is 4.52. The van der Waals surface area contributed by atoms with Crippen LogP contribution in [0.2, 0.25) is 0 Å². The summed E-state index contributed by atoms with van der Waals surface area (Å²) in [5.74, 6) is 0. The fourth-order valence-electron chi connectivity index (χ4n) is 1.91. The molecule has 0 saturated carbocycles. The Bertz CT molecular complexity index is 316. The van der Waals surface area contributed by atoms with E-state index in [1.165, 1.54) is 31.2 Å². The molecule has 0 radical (unpaired) electrons. The van der Waals surface area contributed by atoms with Gasteiger partial charge in [0, 0.05) is 5.38 Å². The van der Waals surface area contributed by atoms with Crippen molar-refractivity contribution in [3.63, 3.8) is 0 Å². The molecule has 1 rings (SSSR count). The molecule has 1 aromatic heterocycles. The van der Waals surface area contributed by atoms with Gasteiger partial charge in [-0.1, -0.05) is 40.2 Å². The third-order valence-corrected chi connectivity index (χ3v) is 3.95. The molecule has 0 fully saturated rings. The first-order valence-corrected chi connectivity index (χ1v) is 6.59. The summed E-state index contributed by atoms with van der Waals surface area (Å²) >= 11 is 1.55. The van der Waals surface area contributed by atoms with Gasteiger partial charge in [-0.25, -0.2) is 0 Å². The van der Waals surface area contributed by atoms with Crippen LogP contribution in [0.1, 0.15) is 57.7 Å². The SMILES string of the molecule is C=Cc1nscc1C(C)(CC)CCCC. The van der Waals surface area contributed by atoms with Gasteiger partial charge in [0.25, 0.3) is 0 Å². The van der Waals surface area contributed by atoms with Crippen molar-refractivity contribution in [3.05, 3.63) is 23.2 Å². The summed E-state index contributed by atoms with van der Waals surface area (Å²) in [6, 6.07) is 0. The molecule has 1 aromatic rings. The zero-order valence-corrected chi connectivity index (χ0v) is 10.9. The minimum absolute atomic E-state index is 0.284. The summed E-state index contributed by atoms with van der Waals surface area (Å²) in [6.45, 7) is 10.7. The zero-order chi connectivity index (χ0) is 11.3. The standard InChI is InChI=1S/C13H21NS/c1-5-8-9-13(4,7-3)11-10-15-14-12(11)6-2/h6,10H,2,5,7-9H2,1,3-4H3. The molecule has 0 spiro atoms. The van der Waals surface area contributed by atoms with Crippen LogP contribution < -0.4 is 0 Å². The van der Waals surface area contributed by atoms with Crippen LogP contribution in [0.25, 0.3) is 6.08 Å². The molecule has 84 valence electrons. The number of unbranched alkanes of at least 4 members (excludes halogenated alkanes) is 1. The van der Waals surface area contributed by atoms with E-state index in [2.05, 4.69) is 37.1 Å².